The van der Waals surface area contributed by atoms with E-state index in [4.69, 9.17) is 4.74 Å². The summed E-state index contributed by atoms with van der Waals surface area (Å²) in [5.41, 5.74) is 1.95. The zero-order chi connectivity index (χ0) is 19.6. The van der Waals surface area contributed by atoms with Crippen molar-refractivity contribution in [2.24, 2.45) is 0 Å². The summed E-state index contributed by atoms with van der Waals surface area (Å²) >= 11 is 0. The van der Waals surface area contributed by atoms with E-state index < -0.39 is 15.7 Å². The van der Waals surface area contributed by atoms with Crippen molar-refractivity contribution in [2.45, 2.75) is 26.3 Å². The monoisotopic (exact) mass is 390 g/mol. The Morgan fingerprint density at radius 1 is 1.22 bits per heavy atom. The third kappa shape index (κ3) is 4.73. The van der Waals surface area contributed by atoms with Crippen LogP contribution in [0.5, 0.6) is 5.75 Å². The van der Waals surface area contributed by atoms with Gasteiger partial charge in [-0.2, -0.15) is 0 Å². The van der Waals surface area contributed by atoms with E-state index in [-0.39, 0.29) is 23.2 Å². The minimum Gasteiger partial charge on any atom is -0.495 e. The van der Waals surface area contributed by atoms with Gasteiger partial charge in [0, 0.05) is 12.1 Å². The lowest BCUT2D eigenvalue weighted by atomic mass is 10.2. The Morgan fingerprint density at radius 3 is 2.67 bits per heavy atom. The van der Waals surface area contributed by atoms with E-state index in [9.17, 15) is 13.2 Å². The second kappa shape index (κ2) is 7.51. The number of sulfone groups is 1. The van der Waals surface area contributed by atoms with Crippen LogP contribution in [0.2, 0.25) is 0 Å². The van der Waals surface area contributed by atoms with Crippen LogP contribution in [0.1, 0.15) is 28.3 Å². The van der Waals surface area contributed by atoms with Gasteiger partial charge in [-0.25, -0.2) is 18.4 Å². The lowest BCUT2D eigenvalue weighted by Gasteiger charge is -2.14. The molecule has 0 radical (unpaired) electrons. The lowest BCUT2D eigenvalue weighted by Crippen LogP contribution is -2.36. The lowest BCUT2D eigenvalue weighted by molar-refractivity contribution is 0.0935. The van der Waals surface area contributed by atoms with E-state index >= 15 is 0 Å². The molecule has 1 saturated heterocycles. The normalized spacial score (nSPS) is 18.1. The number of benzene rings is 1. The predicted octanol–water partition coefficient (Wildman–Crippen LogP) is 1.76. The number of rotatable bonds is 5. The van der Waals surface area contributed by atoms with E-state index in [2.05, 4.69) is 20.6 Å². The summed E-state index contributed by atoms with van der Waals surface area (Å²) in [7, 11) is -1.49. The van der Waals surface area contributed by atoms with Gasteiger partial charge in [0.15, 0.2) is 9.84 Å². The summed E-state index contributed by atoms with van der Waals surface area (Å²) < 4.78 is 28.5. The van der Waals surface area contributed by atoms with E-state index in [0.717, 1.165) is 11.3 Å². The second-order valence-corrected chi connectivity index (χ2v) is 8.82. The number of hydrogen-bond donors (Lipinski definition) is 2. The predicted molar refractivity (Wildman–Crippen MR) is 102 cm³/mol. The standard InChI is InChI=1S/C18H22N4O4S/c1-11-4-5-16(26-3)14(8-11)22-17-9-15(19-12(2)20-17)18(23)21-13-6-7-27(24,25)10-13/h4-5,8-9,13H,6-7,10H2,1-3H3,(H,21,23)(H,19,20,22). The fourth-order valence-corrected chi connectivity index (χ4v) is 4.65. The third-order valence-corrected chi connectivity index (χ3v) is 6.02. The highest BCUT2D eigenvalue weighted by molar-refractivity contribution is 7.91. The number of nitrogens with one attached hydrogen (secondary N) is 2. The summed E-state index contributed by atoms with van der Waals surface area (Å²) in [6.45, 7) is 3.65. The maximum absolute atomic E-state index is 12.5. The molecule has 1 amide bonds. The van der Waals surface area contributed by atoms with Gasteiger partial charge in [0.05, 0.1) is 24.3 Å². The first-order valence-corrected chi connectivity index (χ1v) is 10.4. The van der Waals surface area contributed by atoms with Crippen molar-refractivity contribution in [3.05, 3.63) is 41.3 Å². The van der Waals surface area contributed by atoms with Gasteiger partial charge in [0.25, 0.3) is 5.91 Å². The number of aromatic nitrogens is 2. The fraction of sp³-hybridized carbons (Fsp3) is 0.389. The van der Waals surface area contributed by atoms with Gasteiger partial charge in [-0.3, -0.25) is 4.79 Å². The van der Waals surface area contributed by atoms with Crippen LogP contribution >= 0.6 is 0 Å². The Kier molecular flexibility index (Phi) is 5.31. The van der Waals surface area contributed by atoms with Crippen molar-refractivity contribution in [1.29, 1.82) is 0 Å². The molecule has 2 heterocycles. The average Bonchev–Trinajstić information content (AvgIpc) is 2.93. The molecule has 0 bridgehead atoms. The van der Waals surface area contributed by atoms with E-state index in [0.29, 0.717) is 23.8 Å². The molecule has 9 heteroatoms. The number of ether oxygens (including phenoxy) is 1. The van der Waals surface area contributed by atoms with Gasteiger partial charge in [-0.05, 0) is 38.0 Å². The Bertz CT molecular complexity index is 975. The van der Waals surface area contributed by atoms with Crippen LogP contribution in [0.25, 0.3) is 0 Å². The van der Waals surface area contributed by atoms with E-state index in [1.54, 1.807) is 14.0 Å². The van der Waals surface area contributed by atoms with Gasteiger partial charge >= 0.3 is 0 Å². The van der Waals surface area contributed by atoms with E-state index in [1.165, 1.54) is 6.07 Å². The Labute approximate surface area is 158 Å². The molecule has 2 aromatic rings. The molecule has 1 aromatic carbocycles. The van der Waals surface area contributed by atoms with Gasteiger partial charge < -0.3 is 15.4 Å². The molecule has 2 N–H and O–H groups in total. The highest BCUT2D eigenvalue weighted by atomic mass is 32.2. The number of aryl methyl sites for hydroxylation is 2. The van der Waals surface area contributed by atoms with Gasteiger partial charge in [-0.1, -0.05) is 6.07 Å². The number of methoxy groups -OCH3 is 1. The fourth-order valence-electron chi connectivity index (χ4n) is 2.97. The third-order valence-electron chi connectivity index (χ3n) is 4.26. The van der Waals surface area contributed by atoms with Crippen LogP contribution in [-0.2, 0) is 9.84 Å². The Balaban J connectivity index is 1.80. The number of anilines is 2. The second-order valence-electron chi connectivity index (χ2n) is 6.59. The Morgan fingerprint density at radius 2 is 2.00 bits per heavy atom. The molecule has 1 aromatic heterocycles. The molecule has 1 aliphatic rings. The van der Waals surface area contributed by atoms with Gasteiger partial charge in [0.2, 0.25) is 0 Å². The largest absolute Gasteiger partial charge is 0.495 e. The summed E-state index contributed by atoms with van der Waals surface area (Å²) in [5, 5.41) is 5.89. The smallest absolute Gasteiger partial charge is 0.270 e. The highest BCUT2D eigenvalue weighted by Gasteiger charge is 2.29. The minimum absolute atomic E-state index is 0.0333. The number of carbonyl (C=O) groups excluding carboxylic acids is 1. The molecule has 0 saturated carbocycles. The maximum Gasteiger partial charge on any atom is 0.270 e. The SMILES string of the molecule is COc1ccc(C)cc1Nc1cc(C(=O)NC2CCS(=O)(=O)C2)nc(C)n1. The summed E-state index contributed by atoms with van der Waals surface area (Å²) in [4.78, 5) is 21.0. The van der Waals surface area contributed by atoms with Gasteiger partial charge in [-0.15, -0.1) is 0 Å². The minimum atomic E-state index is -3.07. The van der Waals surface area contributed by atoms with E-state index in [1.807, 2.05) is 25.1 Å². The zero-order valence-electron chi connectivity index (χ0n) is 15.4. The number of amides is 1. The molecular weight excluding hydrogens is 368 g/mol. The topological polar surface area (TPSA) is 110 Å². The summed E-state index contributed by atoms with van der Waals surface area (Å²) in [6.07, 6.45) is 0.420. The van der Waals surface area contributed by atoms with Crippen LogP contribution in [0, 0.1) is 13.8 Å². The number of carbonyl (C=O) groups is 1. The van der Waals surface area contributed by atoms with Crippen molar-refractivity contribution in [3.8, 4) is 5.75 Å². The molecule has 1 fully saturated rings. The Hall–Kier alpha value is -2.68. The number of hydrogen-bond acceptors (Lipinski definition) is 7. The molecule has 27 heavy (non-hydrogen) atoms. The molecule has 1 aliphatic heterocycles. The number of nitrogens with zero attached hydrogens (tertiary/aromatic N) is 2. The van der Waals surface area contributed by atoms with Crippen LogP contribution in [0.15, 0.2) is 24.3 Å². The average molecular weight is 390 g/mol. The highest BCUT2D eigenvalue weighted by Crippen LogP contribution is 2.28. The molecule has 3 rings (SSSR count). The van der Waals surface area contributed by atoms with Gasteiger partial charge in [0.1, 0.15) is 23.1 Å². The molecular formula is C18H22N4O4S. The quantitative estimate of drug-likeness (QED) is 0.800. The van der Waals surface area contributed by atoms with Crippen LogP contribution in [0.3, 0.4) is 0 Å². The van der Waals surface area contributed by atoms with Crippen LogP contribution in [0.4, 0.5) is 11.5 Å². The maximum atomic E-state index is 12.5. The van der Waals surface area contributed by atoms with Crippen LogP contribution in [-0.4, -0.2) is 49.0 Å². The summed E-state index contributed by atoms with van der Waals surface area (Å²) in [5.74, 6) is 1.18. The van der Waals surface area contributed by atoms with Crippen LogP contribution < -0.4 is 15.4 Å². The van der Waals surface area contributed by atoms with Crippen molar-refractivity contribution < 1.29 is 17.9 Å². The first-order valence-electron chi connectivity index (χ1n) is 8.54. The van der Waals surface area contributed by atoms with Crippen molar-refractivity contribution in [2.75, 3.05) is 23.9 Å². The summed E-state index contributed by atoms with van der Waals surface area (Å²) in [6, 6.07) is 6.85. The molecule has 8 nitrogen and oxygen atoms in total. The van der Waals surface area contributed by atoms with Crippen molar-refractivity contribution in [1.82, 2.24) is 15.3 Å². The van der Waals surface area contributed by atoms with Crippen molar-refractivity contribution in [3.63, 3.8) is 0 Å². The molecule has 1 atom stereocenters. The first-order chi connectivity index (χ1) is 12.8. The molecule has 0 spiro atoms. The van der Waals surface area contributed by atoms with Crippen molar-refractivity contribution >= 4 is 27.2 Å². The molecule has 0 aliphatic carbocycles. The first kappa shape index (κ1) is 19.1. The zero-order valence-corrected chi connectivity index (χ0v) is 16.3. The molecule has 1 unspecified atom stereocenters. The molecule has 144 valence electrons.